The summed E-state index contributed by atoms with van der Waals surface area (Å²) in [6, 6.07) is 11.5. The van der Waals surface area contributed by atoms with E-state index >= 15 is 0 Å². The minimum atomic E-state index is -0.318. The van der Waals surface area contributed by atoms with E-state index in [9.17, 15) is 9.59 Å². The quantitative estimate of drug-likeness (QED) is 0.725. The smallest absolute Gasteiger partial charge is 0.338 e. The molecule has 1 aliphatic carbocycles. The fourth-order valence-electron chi connectivity index (χ4n) is 3.10. The Labute approximate surface area is 163 Å². The number of hydrogen-bond acceptors (Lipinski definition) is 4. The van der Waals surface area contributed by atoms with Gasteiger partial charge >= 0.3 is 5.97 Å². The Balaban J connectivity index is 1.60. The second-order valence-corrected chi connectivity index (χ2v) is 6.95. The van der Waals surface area contributed by atoms with E-state index in [2.05, 4.69) is 5.32 Å². The molecule has 1 saturated carbocycles. The lowest BCUT2D eigenvalue weighted by Gasteiger charge is -2.21. The molecule has 6 heteroatoms. The van der Waals surface area contributed by atoms with Crippen LogP contribution in [-0.2, 0) is 4.74 Å². The summed E-state index contributed by atoms with van der Waals surface area (Å²) in [4.78, 5) is 24.6. The Bertz CT molecular complexity index is 813. The van der Waals surface area contributed by atoms with Gasteiger partial charge in [0, 0.05) is 11.3 Å². The van der Waals surface area contributed by atoms with Crippen molar-refractivity contribution >= 4 is 29.2 Å². The average molecular weight is 388 g/mol. The lowest BCUT2D eigenvalue weighted by atomic mass is 9.98. The second-order valence-electron chi connectivity index (χ2n) is 6.55. The Morgan fingerprint density at radius 1 is 1.00 bits per heavy atom. The van der Waals surface area contributed by atoms with Gasteiger partial charge in [-0.1, -0.05) is 18.0 Å². The molecule has 0 aliphatic heterocycles. The van der Waals surface area contributed by atoms with Crippen molar-refractivity contribution in [2.45, 2.75) is 38.2 Å². The maximum absolute atomic E-state index is 12.3. The molecule has 1 aliphatic rings. The Morgan fingerprint density at radius 2 is 1.67 bits per heavy atom. The van der Waals surface area contributed by atoms with Crippen LogP contribution in [0.25, 0.3) is 0 Å². The van der Waals surface area contributed by atoms with Crippen LogP contribution in [-0.4, -0.2) is 25.1 Å². The molecule has 0 heterocycles. The van der Waals surface area contributed by atoms with Crippen LogP contribution in [0.3, 0.4) is 0 Å². The summed E-state index contributed by atoms with van der Waals surface area (Å²) in [5.74, 6) is -0.104. The summed E-state index contributed by atoms with van der Waals surface area (Å²) in [7, 11) is 1.52. The van der Waals surface area contributed by atoms with Crippen LogP contribution >= 0.6 is 11.6 Å². The topological polar surface area (TPSA) is 64.6 Å². The maximum atomic E-state index is 12.3. The molecule has 0 radical (unpaired) electrons. The Morgan fingerprint density at radius 3 is 2.30 bits per heavy atom. The van der Waals surface area contributed by atoms with Gasteiger partial charge in [-0.15, -0.1) is 0 Å². The van der Waals surface area contributed by atoms with Crippen LogP contribution in [0.2, 0.25) is 5.02 Å². The Hall–Kier alpha value is -2.53. The predicted octanol–water partition coefficient (Wildman–Crippen LogP) is 5.09. The normalized spacial score (nSPS) is 14.4. The molecule has 3 rings (SSSR count). The van der Waals surface area contributed by atoms with Crippen molar-refractivity contribution in [3.8, 4) is 5.75 Å². The highest BCUT2D eigenvalue weighted by Crippen LogP contribution is 2.25. The molecule has 0 bridgehead atoms. The van der Waals surface area contributed by atoms with E-state index in [4.69, 9.17) is 21.1 Å². The molecule has 1 amide bonds. The van der Waals surface area contributed by atoms with Gasteiger partial charge in [-0.2, -0.15) is 0 Å². The second kappa shape index (κ2) is 8.91. The lowest BCUT2D eigenvalue weighted by molar-refractivity contribution is 0.0211. The molecular weight excluding hydrogens is 366 g/mol. The highest BCUT2D eigenvalue weighted by Gasteiger charge is 2.18. The van der Waals surface area contributed by atoms with Crippen molar-refractivity contribution in [1.82, 2.24) is 0 Å². The van der Waals surface area contributed by atoms with Crippen LogP contribution in [0, 0.1) is 0 Å². The number of anilines is 1. The summed E-state index contributed by atoms with van der Waals surface area (Å²) in [5, 5.41) is 3.15. The molecule has 0 atom stereocenters. The first-order valence-electron chi connectivity index (χ1n) is 9.03. The van der Waals surface area contributed by atoms with E-state index in [1.807, 2.05) is 0 Å². The third-order valence-corrected chi connectivity index (χ3v) is 4.91. The van der Waals surface area contributed by atoms with Crippen LogP contribution in [0.1, 0.15) is 52.8 Å². The van der Waals surface area contributed by atoms with Gasteiger partial charge in [0.25, 0.3) is 5.91 Å². The van der Waals surface area contributed by atoms with Crippen molar-refractivity contribution in [3.63, 3.8) is 0 Å². The molecular formula is C21H22ClNO4. The van der Waals surface area contributed by atoms with Crippen molar-refractivity contribution in [2.24, 2.45) is 0 Å². The molecule has 0 spiro atoms. The number of nitrogens with one attached hydrogen (secondary N) is 1. The minimum absolute atomic E-state index is 0.0189. The summed E-state index contributed by atoms with van der Waals surface area (Å²) >= 11 is 6.06. The first kappa shape index (κ1) is 19.2. The highest BCUT2D eigenvalue weighted by atomic mass is 35.5. The van der Waals surface area contributed by atoms with Crippen LogP contribution in [0.5, 0.6) is 5.75 Å². The largest absolute Gasteiger partial charge is 0.495 e. The molecule has 5 nitrogen and oxygen atoms in total. The van der Waals surface area contributed by atoms with Gasteiger partial charge in [-0.3, -0.25) is 4.79 Å². The molecule has 1 fully saturated rings. The number of amides is 1. The first-order valence-corrected chi connectivity index (χ1v) is 9.40. The zero-order chi connectivity index (χ0) is 19.2. The number of esters is 1. The van der Waals surface area contributed by atoms with E-state index < -0.39 is 0 Å². The predicted molar refractivity (Wildman–Crippen MR) is 105 cm³/mol. The van der Waals surface area contributed by atoms with Gasteiger partial charge < -0.3 is 14.8 Å². The number of ether oxygens (including phenoxy) is 2. The van der Waals surface area contributed by atoms with E-state index in [-0.39, 0.29) is 18.0 Å². The van der Waals surface area contributed by atoms with Gasteiger partial charge in [0.2, 0.25) is 0 Å². The van der Waals surface area contributed by atoms with E-state index in [1.165, 1.54) is 13.5 Å². The summed E-state index contributed by atoms with van der Waals surface area (Å²) in [6.45, 7) is 0. The Kier molecular flexibility index (Phi) is 6.35. The zero-order valence-corrected chi connectivity index (χ0v) is 15.9. The maximum Gasteiger partial charge on any atom is 0.338 e. The molecule has 1 N–H and O–H groups in total. The third-order valence-electron chi connectivity index (χ3n) is 4.62. The zero-order valence-electron chi connectivity index (χ0n) is 15.2. The number of halogens is 1. The van der Waals surface area contributed by atoms with Crippen LogP contribution in [0.15, 0.2) is 42.5 Å². The standard InChI is InChI=1S/C21H22ClNO4/c1-26-19-12-9-15(13-18(19)22)20(24)23-16-10-7-14(8-11-16)21(25)27-17-5-3-2-4-6-17/h7-13,17H,2-6H2,1H3,(H,23,24). The third kappa shape index (κ3) is 5.01. The number of benzene rings is 2. The van der Waals surface area contributed by atoms with Crippen molar-refractivity contribution < 1.29 is 19.1 Å². The van der Waals surface area contributed by atoms with Crippen LogP contribution in [0.4, 0.5) is 5.69 Å². The number of hydrogen-bond donors (Lipinski definition) is 1. The number of rotatable bonds is 5. The average Bonchev–Trinajstić information content (AvgIpc) is 2.69. The van der Waals surface area contributed by atoms with Crippen molar-refractivity contribution in [3.05, 3.63) is 58.6 Å². The molecule has 0 saturated heterocycles. The minimum Gasteiger partial charge on any atom is -0.495 e. The van der Waals surface area contributed by atoms with Gasteiger partial charge in [0.1, 0.15) is 11.9 Å². The van der Waals surface area contributed by atoms with Gasteiger partial charge in [-0.25, -0.2) is 4.79 Å². The van der Waals surface area contributed by atoms with Crippen LogP contribution < -0.4 is 10.1 Å². The van der Waals surface area contributed by atoms with E-state index in [1.54, 1.807) is 42.5 Å². The fourth-order valence-corrected chi connectivity index (χ4v) is 3.36. The molecule has 2 aromatic carbocycles. The van der Waals surface area contributed by atoms with E-state index in [0.29, 0.717) is 27.6 Å². The summed E-state index contributed by atoms with van der Waals surface area (Å²) < 4.78 is 10.6. The van der Waals surface area contributed by atoms with Gasteiger partial charge in [0.15, 0.2) is 0 Å². The van der Waals surface area contributed by atoms with Gasteiger partial charge in [0.05, 0.1) is 17.7 Å². The summed E-state index contributed by atoms with van der Waals surface area (Å²) in [5.41, 5.74) is 1.48. The summed E-state index contributed by atoms with van der Waals surface area (Å²) in [6.07, 6.45) is 5.32. The number of carbonyl (C=O) groups excluding carboxylic acids is 2. The van der Waals surface area contributed by atoms with Crippen molar-refractivity contribution in [1.29, 1.82) is 0 Å². The van der Waals surface area contributed by atoms with E-state index in [0.717, 1.165) is 25.7 Å². The van der Waals surface area contributed by atoms with Crippen molar-refractivity contribution in [2.75, 3.05) is 12.4 Å². The first-order chi connectivity index (χ1) is 13.1. The SMILES string of the molecule is COc1ccc(C(=O)Nc2ccc(C(=O)OC3CCCCC3)cc2)cc1Cl. The number of methoxy groups -OCH3 is 1. The molecule has 142 valence electrons. The lowest BCUT2D eigenvalue weighted by Crippen LogP contribution is -2.21. The van der Waals surface area contributed by atoms with Gasteiger partial charge in [-0.05, 0) is 68.1 Å². The number of carbonyl (C=O) groups is 2. The fraction of sp³-hybridized carbons (Fsp3) is 0.333. The molecule has 27 heavy (non-hydrogen) atoms. The highest BCUT2D eigenvalue weighted by molar-refractivity contribution is 6.32. The molecule has 0 unspecified atom stereocenters. The molecule has 0 aromatic heterocycles. The monoisotopic (exact) mass is 387 g/mol. The molecule has 2 aromatic rings.